The summed E-state index contributed by atoms with van der Waals surface area (Å²) in [5.74, 6) is 2.21. The molecule has 5 heteroatoms. The Hall–Kier alpha value is -1.36. The zero-order valence-corrected chi connectivity index (χ0v) is 11.5. The Morgan fingerprint density at radius 1 is 1.42 bits per heavy atom. The first-order valence-electron chi connectivity index (χ1n) is 7.36. The Kier molecular flexibility index (Phi) is 3.55. The number of hydrogen-bond donors (Lipinski definition) is 2. The SMILES string of the molecule is CCN(c1cc(=O)[nH]c(C2CC2)n1)C1CCCNC1. The van der Waals surface area contributed by atoms with Gasteiger partial charge in [-0.05, 0) is 39.2 Å². The van der Waals surface area contributed by atoms with Crippen molar-refractivity contribution in [2.45, 2.75) is 44.6 Å². The van der Waals surface area contributed by atoms with Crippen LogP contribution in [0.3, 0.4) is 0 Å². The summed E-state index contributed by atoms with van der Waals surface area (Å²) in [7, 11) is 0. The quantitative estimate of drug-likeness (QED) is 0.856. The van der Waals surface area contributed by atoms with Gasteiger partial charge in [0.05, 0.1) is 0 Å². The van der Waals surface area contributed by atoms with Gasteiger partial charge in [0.2, 0.25) is 0 Å². The van der Waals surface area contributed by atoms with Gasteiger partial charge < -0.3 is 15.2 Å². The van der Waals surface area contributed by atoms with Crippen LogP contribution < -0.4 is 15.8 Å². The standard InChI is InChI=1S/C14H22N4O/c1-2-18(11-4-3-7-15-9-11)12-8-13(19)17-14(16-12)10-5-6-10/h8,10-11,15H,2-7,9H2,1H3,(H,16,17,19). The topological polar surface area (TPSA) is 61.0 Å². The summed E-state index contributed by atoms with van der Waals surface area (Å²) in [5.41, 5.74) is -0.0193. The first kappa shape index (κ1) is 12.7. The fourth-order valence-electron chi connectivity index (χ4n) is 2.87. The summed E-state index contributed by atoms with van der Waals surface area (Å²) in [6.45, 7) is 5.12. The van der Waals surface area contributed by atoms with Crippen LogP contribution in [0.5, 0.6) is 0 Å². The van der Waals surface area contributed by atoms with E-state index in [0.717, 1.165) is 44.1 Å². The second kappa shape index (κ2) is 5.33. The van der Waals surface area contributed by atoms with Crippen molar-refractivity contribution in [3.8, 4) is 0 Å². The van der Waals surface area contributed by atoms with E-state index in [1.165, 1.54) is 12.8 Å². The number of piperidine rings is 1. The number of rotatable bonds is 4. The minimum Gasteiger partial charge on any atom is -0.352 e. The number of hydrogen-bond acceptors (Lipinski definition) is 4. The molecular formula is C14H22N4O. The van der Waals surface area contributed by atoms with Crippen molar-refractivity contribution in [1.29, 1.82) is 0 Å². The Labute approximate surface area is 113 Å². The van der Waals surface area contributed by atoms with E-state index in [2.05, 4.69) is 27.1 Å². The molecule has 104 valence electrons. The van der Waals surface area contributed by atoms with Crippen LogP contribution in [0.25, 0.3) is 0 Å². The van der Waals surface area contributed by atoms with Crippen LogP contribution in [0.4, 0.5) is 5.82 Å². The summed E-state index contributed by atoms with van der Waals surface area (Å²) in [4.78, 5) is 21.6. The third kappa shape index (κ3) is 2.81. The summed E-state index contributed by atoms with van der Waals surface area (Å²) in [6.07, 6.45) is 4.68. The van der Waals surface area contributed by atoms with Gasteiger partial charge in [-0.1, -0.05) is 0 Å². The van der Waals surface area contributed by atoms with Gasteiger partial charge in [-0.2, -0.15) is 0 Å². The van der Waals surface area contributed by atoms with Crippen LogP contribution in [-0.4, -0.2) is 35.6 Å². The van der Waals surface area contributed by atoms with Gasteiger partial charge in [-0.15, -0.1) is 0 Å². The van der Waals surface area contributed by atoms with Crippen LogP contribution in [0.2, 0.25) is 0 Å². The van der Waals surface area contributed by atoms with E-state index >= 15 is 0 Å². The van der Waals surface area contributed by atoms with Crippen molar-refractivity contribution in [2.24, 2.45) is 0 Å². The zero-order valence-electron chi connectivity index (χ0n) is 11.5. The maximum atomic E-state index is 11.8. The van der Waals surface area contributed by atoms with Gasteiger partial charge >= 0.3 is 0 Å². The molecule has 2 aliphatic rings. The molecule has 0 aromatic carbocycles. The number of nitrogens with zero attached hydrogens (tertiary/aromatic N) is 2. The lowest BCUT2D eigenvalue weighted by Crippen LogP contribution is -2.46. The smallest absolute Gasteiger partial charge is 0.252 e. The summed E-state index contributed by atoms with van der Waals surface area (Å²) >= 11 is 0. The molecule has 2 N–H and O–H groups in total. The van der Waals surface area contributed by atoms with Crippen molar-refractivity contribution in [3.05, 3.63) is 22.2 Å². The highest BCUT2D eigenvalue weighted by molar-refractivity contribution is 5.39. The van der Waals surface area contributed by atoms with Crippen molar-refractivity contribution < 1.29 is 0 Å². The largest absolute Gasteiger partial charge is 0.352 e. The molecule has 1 aromatic rings. The average molecular weight is 262 g/mol. The predicted molar refractivity (Wildman–Crippen MR) is 75.7 cm³/mol. The highest BCUT2D eigenvalue weighted by Crippen LogP contribution is 2.38. The Morgan fingerprint density at radius 2 is 2.26 bits per heavy atom. The van der Waals surface area contributed by atoms with Crippen molar-refractivity contribution >= 4 is 5.82 Å². The van der Waals surface area contributed by atoms with Crippen molar-refractivity contribution in [1.82, 2.24) is 15.3 Å². The molecule has 1 saturated heterocycles. The lowest BCUT2D eigenvalue weighted by Gasteiger charge is -2.34. The molecule has 1 saturated carbocycles. The van der Waals surface area contributed by atoms with Crippen LogP contribution in [0.1, 0.15) is 44.3 Å². The van der Waals surface area contributed by atoms with E-state index in [-0.39, 0.29) is 5.56 Å². The second-order valence-electron chi connectivity index (χ2n) is 5.55. The summed E-state index contributed by atoms with van der Waals surface area (Å²) in [6, 6.07) is 2.10. The molecule has 3 rings (SSSR count). The summed E-state index contributed by atoms with van der Waals surface area (Å²) in [5, 5.41) is 3.43. The third-order valence-corrected chi connectivity index (χ3v) is 4.06. The molecule has 0 spiro atoms. The van der Waals surface area contributed by atoms with Gasteiger partial charge in [-0.25, -0.2) is 4.98 Å². The van der Waals surface area contributed by atoms with Gasteiger partial charge in [0.25, 0.3) is 5.56 Å². The van der Waals surface area contributed by atoms with Gasteiger partial charge in [0, 0.05) is 31.1 Å². The molecule has 0 radical (unpaired) electrons. The summed E-state index contributed by atoms with van der Waals surface area (Å²) < 4.78 is 0. The molecule has 1 aliphatic carbocycles. The average Bonchev–Trinajstić information content (AvgIpc) is 3.24. The molecule has 1 atom stereocenters. The molecule has 0 bridgehead atoms. The normalized spacial score (nSPS) is 23.3. The fourth-order valence-corrected chi connectivity index (χ4v) is 2.87. The third-order valence-electron chi connectivity index (χ3n) is 4.06. The van der Waals surface area contributed by atoms with E-state index in [4.69, 9.17) is 0 Å². The van der Waals surface area contributed by atoms with E-state index in [0.29, 0.717) is 12.0 Å². The lowest BCUT2D eigenvalue weighted by atomic mass is 10.1. The van der Waals surface area contributed by atoms with Crippen molar-refractivity contribution in [2.75, 3.05) is 24.5 Å². The van der Waals surface area contributed by atoms with Gasteiger partial charge in [0.15, 0.2) is 0 Å². The monoisotopic (exact) mass is 262 g/mol. The highest BCUT2D eigenvalue weighted by atomic mass is 16.1. The van der Waals surface area contributed by atoms with Crippen LogP contribution in [0, 0.1) is 0 Å². The minimum atomic E-state index is -0.0193. The van der Waals surface area contributed by atoms with E-state index in [1.54, 1.807) is 6.07 Å². The van der Waals surface area contributed by atoms with Crippen LogP contribution >= 0.6 is 0 Å². The number of aromatic amines is 1. The molecular weight excluding hydrogens is 240 g/mol. The van der Waals surface area contributed by atoms with E-state index in [9.17, 15) is 4.79 Å². The molecule has 0 amide bonds. The Balaban J connectivity index is 1.87. The number of aromatic nitrogens is 2. The van der Waals surface area contributed by atoms with Gasteiger partial charge in [-0.3, -0.25) is 4.79 Å². The van der Waals surface area contributed by atoms with E-state index in [1.807, 2.05) is 0 Å². The first-order chi connectivity index (χ1) is 9.28. The maximum absolute atomic E-state index is 11.8. The zero-order chi connectivity index (χ0) is 13.2. The van der Waals surface area contributed by atoms with Crippen LogP contribution in [0.15, 0.2) is 10.9 Å². The molecule has 5 nitrogen and oxygen atoms in total. The van der Waals surface area contributed by atoms with E-state index < -0.39 is 0 Å². The maximum Gasteiger partial charge on any atom is 0.252 e. The second-order valence-corrected chi connectivity index (χ2v) is 5.55. The van der Waals surface area contributed by atoms with Crippen molar-refractivity contribution in [3.63, 3.8) is 0 Å². The molecule has 1 aliphatic heterocycles. The number of likely N-dealkylation sites (N-methyl/N-ethyl adjacent to an activating group) is 1. The molecule has 1 unspecified atom stereocenters. The molecule has 19 heavy (non-hydrogen) atoms. The van der Waals surface area contributed by atoms with Crippen LogP contribution in [-0.2, 0) is 0 Å². The number of anilines is 1. The Morgan fingerprint density at radius 3 is 2.89 bits per heavy atom. The molecule has 2 fully saturated rings. The molecule has 2 heterocycles. The first-order valence-corrected chi connectivity index (χ1v) is 7.36. The molecule has 1 aromatic heterocycles. The van der Waals surface area contributed by atoms with Gasteiger partial charge in [0.1, 0.15) is 11.6 Å². The number of H-pyrrole nitrogens is 1. The predicted octanol–water partition coefficient (Wildman–Crippen LogP) is 1.23. The highest BCUT2D eigenvalue weighted by Gasteiger charge is 2.28. The fraction of sp³-hybridized carbons (Fsp3) is 0.714. The number of nitrogens with one attached hydrogen (secondary N) is 2. The Bertz CT molecular complexity index is 488. The lowest BCUT2D eigenvalue weighted by molar-refractivity contribution is 0.433. The minimum absolute atomic E-state index is 0.0193.